The largest absolute Gasteiger partial charge is 0.338 e. The molecule has 0 aliphatic carbocycles. The quantitative estimate of drug-likeness (QED) is 0.754. The van der Waals surface area contributed by atoms with Crippen LogP contribution >= 0.6 is 11.8 Å². The minimum atomic E-state index is 0.683. The summed E-state index contributed by atoms with van der Waals surface area (Å²) in [5.41, 5.74) is 1.31. The van der Waals surface area contributed by atoms with Gasteiger partial charge < -0.3 is 9.84 Å². The molecule has 0 aliphatic rings. The maximum absolute atomic E-state index is 5.18. The summed E-state index contributed by atoms with van der Waals surface area (Å²) in [5.74, 6) is 2.87. The average molecular weight is 305 g/mol. The van der Waals surface area contributed by atoms with Gasteiger partial charge in [0.2, 0.25) is 5.89 Å². The number of nitrogens with zero attached hydrogens (tertiary/aromatic N) is 2. The lowest BCUT2D eigenvalue weighted by atomic mass is 10.2. The van der Waals surface area contributed by atoms with Crippen LogP contribution < -0.4 is 5.32 Å². The van der Waals surface area contributed by atoms with Crippen molar-refractivity contribution >= 4 is 11.8 Å². The molecule has 0 saturated carbocycles. The molecule has 5 heteroatoms. The Bertz CT molecular complexity index is 537. The topological polar surface area (TPSA) is 51.0 Å². The molecule has 1 heterocycles. The maximum atomic E-state index is 5.18. The van der Waals surface area contributed by atoms with Crippen LogP contribution in [0.3, 0.4) is 0 Å². The fourth-order valence-corrected chi connectivity index (χ4v) is 2.58. The molecular formula is C16H23N3OS. The number of aryl methyl sites for hydroxylation is 1. The molecule has 1 aromatic heterocycles. The molecule has 0 bridgehead atoms. The highest BCUT2D eigenvalue weighted by Crippen LogP contribution is 2.22. The van der Waals surface area contributed by atoms with E-state index in [0.717, 1.165) is 31.1 Å². The summed E-state index contributed by atoms with van der Waals surface area (Å²) in [4.78, 5) is 5.53. The van der Waals surface area contributed by atoms with E-state index in [1.165, 1.54) is 10.5 Å². The van der Waals surface area contributed by atoms with E-state index >= 15 is 0 Å². The van der Waals surface area contributed by atoms with Crippen LogP contribution in [0, 0.1) is 5.92 Å². The molecule has 21 heavy (non-hydrogen) atoms. The molecule has 0 amide bonds. The van der Waals surface area contributed by atoms with Gasteiger partial charge in [-0.1, -0.05) is 38.1 Å². The van der Waals surface area contributed by atoms with Gasteiger partial charge in [0.1, 0.15) is 0 Å². The second kappa shape index (κ2) is 8.20. The SMILES string of the molecule is CCc1noc(CSc2ccc(CNCC(C)C)cc2)n1. The van der Waals surface area contributed by atoms with Crippen LogP contribution in [0.5, 0.6) is 0 Å². The molecule has 2 aromatic rings. The number of hydrogen-bond acceptors (Lipinski definition) is 5. The Labute approximate surface area is 130 Å². The van der Waals surface area contributed by atoms with E-state index in [1.807, 2.05) is 6.92 Å². The Morgan fingerprint density at radius 1 is 1.24 bits per heavy atom. The van der Waals surface area contributed by atoms with E-state index in [4.69, 9.17) is 4.52 Å². The third-order valence-corrected chi connectivity index (χ3v) is 3.99. The van der Waals surface area contributed by atoms with Crippen LogP contribution in [0.4, 0.5) is 0 Å². The van der Waals surface area contributed by atoms with Crippen molar-refractivity contribution in [3.05, 3.63) is 41.5 Å². The maximum Gasteiger partial charge on any atom is 0.237 e. The monoisotopic (exact) mass is 305 g/mol. The zero-order valence-electron chi connectivity index (χ0n) is 12.9. The molecule has 0 saturated heterocycles. The molecule has 4 nitrogen and oxygen atoms in total. The fourth-order valence-electron chi connectivity index (χ4n) is 1.85. The second-order valence-corrected chi connectivity index (χ2v) is 6.46. The Morgan fingerprint density at radius 3 is 2.62 bits per heavy atom. The van der Waals surface area contributed by atoms with Crippen LogP contribution in [0.25, 0.3) is 0 Å². The molecule has 0 unspecified atom stereocenters. The fraction of sp³-hybridized carbons (Fsp3) is 0.500. The number of benzene rings is 1. The predicted molar refractivity (Wildman–Crippen MR) is 86.2 cm³/mol. The Hall–Kier alpha value is -1.33. The smallest absolute Gasteiger partial charge is 0.237 e. The normalized spacial score (nSPS) is 11.2. The molecule has 0 aliphatic heterocycles. The van der Waals surface area contributed by atoms with Gasteiger partial charge >= 0.3 is 0 Å². The van der Waals surface area contributed by atoms with Gasteiger partial charge in [0.15, 0.2) is 5.82 Å². The Morgan fingerprint density at radius 2 is 2.00 bits per heavy atom. The summed E-state index contributed by atoms with van der Waals surface area (Å²) in [6.45, 7) is 8.43. The second-order valence-electron chi connectivity index (χ2n) is 5.42. The zero-order chi connectivity index (χ0) is 15.1. The third-order valence-electron chi connectivity index (χ3n) is 2.99. The lowest BCUT2D eigenvalue weighted by Crippen LogP contribution is -2.18. The average Bonchev–Trinajstić information content (AvgIpc) is 2.94. The molecule has 0 spiro atoms. The summed E-state index contributed by atoms with van der Waals surface area (Å²) in [6.07, 6.45) is 0.812. The van der Waals surface area contributed by atoms with Crippen molar-refractivity contribution in [2.45, 2.75) is 44.4 Å². The van der Waals surface area contributed by atoms with E-state index in [1.54, 1.807) is 11.8 Å². The van der Waals surface area contributed by atoms with Crippen molar-refractivity contribution in [1.82, 2.24) is 15.5 Å². The molecule has 114 valence electrons. The zero-order valence-corrected chi connectivity index (χ0v) is 13.7. The van der Waals surface area contributed by atoms with Gasteiger partial charge in [-0.05, 0) is 30.2 Å². The number of thioether (sulfide) groups is 1. The molecule has 0 atom stereocenters. The minimum absolute atomic E-state index is 0.683. The molecule has 0 fully saturated rings. The number of aromatic nitrogens is 2. The van der Waals surface area contributed by atoms with Crippen LogP contribution in [-0.2, 0) is 18.7 Å². The van der Waals surface area contributed by atoms with Crippen molar-refractivity contribution in [2.24, 2.45) is 5.92 Å². The highest BCUT2D eigenvalue weighted by atomic mass is 32.2. The van der Waals surface area contributed by atoms with Crippen molar-refractivity contribution in [3.63, 3.8) is 0 Å². The molecular weight excluding hydrogens is 282 g/mol. The van der Waals surface area contributed by atoms with E-state index in [0.29, 0.717) is 11.8 Å². The van der Waals surface area contributed by atoms with Gasteiger partial charge in [-0.25, -0.2) is 0 Å². The van der Waals surface area contributed by atoms with Gasteiger partial charge in [-0.2, -0.15) is 4.98 Å². The first-order valence-electron chi connectivity index (χ1n) is 7.41. The molecule has 2 rings (SSSR count). The first-order valence-corrected chi connectivity index (χ1v) is 8.40. The van der Waals surface area contributed by atoms with E-state index in [9.17, 15) is 0 Å². The van der Waals surface area contributed by atoms with Crippen molar-refractivity contribution in [3.8, 4) is 0 Å². The van der Waals surface area contributed by atoms with E-state index in [2.05, 4.69) is 53.6 Å². The first kappa shape index (κ1) is 16.0. The standard InChI is InChI=1S/C16H23N3OS/c1-4-15-18-16(20-19-15)11-21-14-7-5-13(6-8-14)10-17-9-12(2)3/h5-8,12,17H,4,9-11H2,1-3H3. The van der Waals surface area contributed by atoms with Crippen LogP contribution in [0.15, 0.2) is 33.7 Å². The van der Waals surface area contributed by atoms with Crippen LogP contribution in [0.1, 0.15) is 38.0 Å². The highest BCUT2D eigenvalue weighted by molar-refractivity contribution is 7.98. The van der Waals surface area contributed by atoms with Gasteiger partial charge in [0.25, 0.3) is 0 Å². The predicted octanol–water partition coefficient (Wildman–Crippen LogP) is 3.67. The summed E-state index contributed by atoms with van der Waals surface area (Å²) < 4.78 is 5.18. The van der Waals surface area contributed by atoms with Crippen LogP contribution in [0.2, 0.25) is 0 Å². The van der Waals surface area contributed by atoms with Crippen LogP contribution in [-0.4, -0.2) is 16.7 Å². The summed E-state index contributed by atoms with van der Waals surface area (Å²) in [6, 6.07) is 8.63. The summed E-state index contributed by atoms with van der Waals surface area (Å²) in [7, 11) is 0. The van der Waals surface area contributed by atoms with Crippen molar-refractivity contribution in [1.29, 1.82) is 0 Å². The van der Waals surface area contributed by atoms with Gasteiger partial charge in [0, 0.05) is 17.9 Å². The molecule has 1 aromatic carbocycles. The summed E-state index contributed by atoms with van der Waals surface area (Å²) >= 11 is 1.72. The van der Waals surface area contributed by atoms with E-state index < -0.39 is 0 Å². The number of nitrogens with one attached hydrogen (secondary N) is 1. The van der Waals surface area contributed by atoms with E-state index in [-0.39, 0.29) is 0 Å². The Kier molecular flexibility index (Phi) is 6.26. The van der Waals surface area contributed by atoms with Gasteiger partial charge in [0.05, 0.1) is 5.75 Å². The number of rotatable bonds is 8. The minimum Gasteiger partial charge on any atom is -0.338 e. The highest BCUT2D eigenvalue weighted by Gasteiger charge is 2.05. The molecule has 0 radical (unpaired) electrons. The molecule has 1 N–H and O–H groups in total. The van der Waals surface area contributed by atoms with Gasteiger partial charge in [-0.15, -0.1) is 11.8 Å². The van der Waals surface area contributed by atoms with Crippen molar-refractivity contribution in [2.75, 3.05) is 6.54 Å². The number of hydrogen-bond donors (Lipinski definition) is 1. The van der Waals surface area contributed by atoms with Gasteiger partial charge in [-0.3, -0.25) is 0 Å². The summed E-state index contributed by atoms with van der Waals surface area (Å²) in [5, 5.41) is 7.35. The van der Waals surface area contributed by atoms with Crippen molar-refractivity contribution < 1.29 is 4.52 Å². The lowest BCUT2D eigenvalue weighted by molar-refractivity contribution is 0.385. The lowest BCUT2D eigenvalue weighted by Gasteiger charge is -2.07. The Balaban J connectivity index is 1.79. The third kappa shape index (κ3) is 5.52. The first-order chi connectivity index (χ1) is 10.2.